The Kier molecular flexibility index (Phi) is 2.39. The fourth-order valence-corrected chi connectivity index (χ4v) is 1.74. The van der Waals surface area contributed by atoms with Gasteiger partial charge in [-0.25, -0.2) is 5.90 Å². The Labute approximate surface area is 83.7 Å². The molecule has 0 bridgehead atoms. The second-order valence-electron chi connectivity index (χ2n) is 2.58. The summed E-state index contributed by atoms with van der Waals surface area (Å²) in [5.74, 6) is 6.44. The maximum Gasteiger partial charge on any atom is 0.231 e. The van der Waals surface area contributed by atoms with E-state index in [9.17, 15) is 0 Å². The molecule has 4 nitrogen and oxygen atoms in total. The number of benzene rings is 1. The highest BCUT2D eigenvalue weighted by Gasteiger charge is 2.18. The zero-order valence-electron chi connectivity index (χ0n) is 6.75. The second kappa shape index (κ2) is 3.53. The molecule has 0 saturated heterocycles. The molecule has 1 aromatic carbocycles. The van der Waals surface area contributed by atoms with E-state index in [0.717, 1.165) is 21.5 Å². The largest absolute Gasteiger partial charge is 0.454 e. The van der Waals surface area contributed by atoms with Gasteiger partial charge in [0.1, 0.15) is 0 Å². The van der Waals surface area contributed by atoms with Crippen molar-refractivity contribution in [3.05, 3.63) is 22.2 Å². The minimum absolute atomic E-state index is 0.265. The summed E-state index contributed by atoms with van der Waals surface area (Å²) in [5.41, 5.74) is 0.937. The lowest BCUT2D eigenvalue weighted by atomic mass is 10.2. The van der Waals surface area contributed by atoms with Gasteiger partial charge < -0.3 is 9.47 Å². The molecule has 0 saturated carbocycles. The minimum atomic E-state index is 0.265. The predicted octanol–water partition coefficient (Wildman–Crippen LogP) is 1.57. The number of rotatable bonds is 2. The molecule has 1 aromatic rings. The van der Waals surface area contributed by atoms with Crippen LogP contribution in [0.2, 0.25) is 0 Å². The number of nitrogens with two attached hydrogens (primary N) is 1. The summed E-state index contributed by atoms with van der Waals surface area (Å²) in [6, 6.07) is 3.71. The average Bonchev–Trinajstić information content (AvgIpc) is 2.58. The third-order valence-corrected chi connectivity index (χ3v) is 2.67. The molecule has 0 amide bonds. The summed E-state index contributed by atoms with van der Waals surface area (Å²) < 4.78 is 11.3. The van der Waals surface area contributed by atoms with Gasteiger partial charge in [-0.15, -0.1) is 0 Å². The molecule has 0 radical (unpaired) electrons. The molecule has 0 atom stereocenters. The summed E-state index contributed by atoms with van der Waals surface area (Å²) in [7, 11) is 0. The zero-order chi connectivity index (χ0) is 9.26. The van der Waals surface area contributed by atoms with Gasteiger partial charge in [0.15, 0.2) is 11.5 Å². The molecule has 0 aliphatic carbocycles. The van der Waals surface area contributed by atoms with Crippen molar-refractivity contribution in [3.8, 4) is 11.5 Å². The zero-order valence-corrected chi connectivity index (χ0v) is 8.33. The summed E-state index contributed by atoms with van der Waals surface area (Å²) >= 11 is 3.39. The highest BCUT2D eigenvalue weighted by Crippen LogP contribution is 2.40. The summed E-state index contributed by atoms with van der Waals surface area (Å²) in [6.07, 6.45) is 0. The van der Waals surface area contributed by atoms with Gasteiger partial charge in [-0.2, -0.15) is 0 Å². The van der Waals surface area contributed by atoms with Gasteiger partial charge in [0.2, 0.25) is 6.79 Å². The van der Waals surface area contributed by atoms with E-state index < -0.39 is 0 Å². The standard InChI is InChI=1S/C8H8BrNO3/c9-7-5(3-13-10)1-2-6-8(7)12-4-11-6/h1-2H,3-4,10H2. The van der Waals surface area contributed by atoms with Crippen LogP contribution in [0.4, 0.5) is 0 Å². The lowest BCUT2D eigenvalue weighted by Gasteiger charge is -2.05. The van der Waals surface area contributed by atoms with E-state index >= 15 is 0 Å². The molecule has 13 heavy (non-hydrogen) atoms. The van der Waals surface area contributed by atoms with Gasteiger partial charge >= 0.3 is 0 Å². The lowest BCUT2D eigenvalue weighted by molar-refractivity contribution is 0.123. The highest BCUT2D eigenvalue weighted by molar-refractivity contribution is 9.10. The molecule has 0 aromatic heterocycles. The summed E-state index contributed by atoms with van der Waals surface area (Å²) in [4.78, 5) is 4.54. The van der Waals surface area contributed by atoms with Gasteiger partial charge in [0.05, 0.1) is 11.1 Å². The maximum atomic E-state index is 5.25. The van der Waals surface area contributed by atoms with Gasteiger partial charge in [-0.05, 0) is 27.6 Å². The van der Waals surface area contributed by atoms with Crippen molar-refractivity contribution >= 4 is 15.9 Å². The van der Waals surface area contributed by atoms with Crippen LogP contribution in [0.5, 0.6) is 11.5 Å². The quantitative estimate of drug-likeness (QED) is 0.804. The topological polar surface area (TPSA) is 53.7 Å². The van der Waals surface area contributed by atoms with E-state index in [1.165, 1.54) is 0 Å². The molecule has 2 rings (SSSR count). The van der Waals surface area contributed by atoms with E-state index in [0.29, 0.717) is 6.61 Å². The van der Waals surface area contributed by atoms with Crippen LogP contribution in [-0.2, 0) is 11.4 Å². The Balaban J connectivity index is 2.40. The van der Waals surface area contributed by atoms with Crippen molar-refractivity contribution in [1.29, 1.82) is 0 Å². The van der Waals surface area contributed by atoms with Crippen LogP contribution in [0.1, 0.15) is 5.56 Å². The van der Waals surface area contributed by atoms with Crippen LogP contribution in [0.15, 0.2) is 16.6 Å². The first-order chi connectivity index (χ1) is 6.33. The Hall–Kier alpha value is -0.780. The number of hydrogen-bond acceptors (Lipinski definition) is 4. The lowest BCUT2D eigenvalue weighted by Crippen LogP contribution is -1.99. The van der Waals surface area contributed by atoms with Crippen molar-refractivity contribution in [2.24, 2.45) is 5.90 Å². The third kappa shape index (κ3) is 1.50. The fraction of sp³-hybridized carbons (Fsp3) is 0.250. The van der Waals surface area contributed by atoms with Crippen LogP contribution < -0.4 is 15.4 Å². The van der Waals surface area contributed by atoms with Crippen molar-refractivity contribution < 1.29 is 14.3 Å². The number of fused-ring (bicyclic) bond motifs is 1. The van der Waals surface area contributed by atoms with Crippen molar-refractivity contribution in [2.45, 2.75) is 6.61 Å². The molecule has 1 heterocycles. The summed E-state index contributed by atoms with van der Waals surface area (Å²) in [6.45, 7) is 0.609. The van der Waals surface area contributed by atoms with Crippen LogP contribution in [0.3, 0.4) is 0 Å². The minimum Gasteiger partial charge on any atom is -0.454 e. The van der Waals surface area contributed by atoms with Crippen LogP contribution in [-0.4, -0.2) is 6.79 Å². The van der Waals surface area contributed by atoms with Crippen molar-refractivity contribution in [2.75, 3.05) is 6.79 Å². The number of ether oxygens (including phenoxy) is 2. The Morgan fingerprint density at radius 3 is 3.08 bits per heavy atom. The van der Waals surface area contributed by atoms with Crippen LogP contribution in [0.25, 0.3) is 0 Å². The molecular weight excluding hydrogens is 238 g/mol. The first-order valence-electron chi connectivity index (χ1n) is 3.71. The molecule has 5 heteroatoms. The van der Waals surface area contributed by atoms with E-state index in [1.54, 1.807) is 0 Å². The first kappa shape index (κ1) is 8.80. The maximum absolute atomic E-state index is 5.25. The smallest absolute Gasteiger partial charge is 0.231 e. The molecule has 1 aliphatic heterocycles. The van der Waals surface area contributed by atoms with E-state index in [2.05, 4.69) is 20.8 Å². The molecule has 2 N–H and O–H groups in total. The van der Waals surface area contributed by atoms with Crippen LogP contribution in [0, 0.1) is 0 Å². The summed E-state index contributed by atoms with van der Waals surface area (Å²) in [5, 5.41) is 0. The predicted molar refractivity (Wildman–Crippen MR) is 49.2 cm³/mol. The fourth-order valence-electron chi connectivity index (χ4n) is 1.18. The SMILES string of the molecule is NOCc1ccc2c(c1Br)OCO2. The third-order valence-electron chi connectivity index (χ3n) is 1.80. The molecule has 70 valence electrons. The Morgan fingerprint density at radius 1 is 1.46 bits per heavy atom. The highest BCUT2D eigenvalue weighted by atomic mass is 79.9. The monoisotopic (exact) mass is 245 g/mol. The van der Waals surface area contributed by atoms with Crippen molar-refractivity contribution in [3.63, 3.8) is 0 Å². The number of hydrogen-bond donors (Lipinski definition) is 1. The normalized spacial score (nSPS) is 13.4. The van der Waals surface area contributed by atoms with E-state index in [-0.39, 0.29) is 6.79 Å². The molecule has 1 aliphatic rings. The number of halogens is 1. The van der Waals surface area contributed by atoms with E-state index in [1.807, 2.05) is 12.1 Å². The molecule has 0 unspecified atom stereocenters. The molecule has 0 spiro atoms. The van der Waals surface area contributed by atoms with Gasteiger partial charge in [0.25, 0.3) is 0 Å². The Bertz CT molecular complexity index is 329. The average molecular weight is 246 g/mol. The van der Waals surface area contributed by atoms with E-state index in [4.69, 9.17) is 15.4 Å². The Morgan fingerprint density at radius 2 is 2.31 bits per heavy atom. The molecular formula is C8H8BrNO3. The van der Waals surface area contributed by atoms with Crippen molar-refractivity contribution in [1.82, 2.24) is 0 Å². The first-order valence-corrected chi connectivity index (χ1v) is 4.51. The van der Waals surface area contributed by atoms with Gasteiger partial charge in [0, 0.05) is 0 Å². The molecule has 0 fully saturated rings. The van der Waals surface area contributed by atoms with Gasteiger partial charge in [-0.1, -0.05) is 6.07 Å². The second-order valence-corrected chi connectivity index (χ2v) is 3.38. The van der Waals surface area contributed by atoms with Gasteiger partial charge in [-0.3, -0.25) is 4.84 Å². The van der Waals surface area contributed by atoms with Crippen LogP contribution >= 0.6 is 15.9 Å².